The van der Waals surface area contributed by atoms with Crippen molar-refractivity contribution in [3.05, 3.63) is 0 Å². The molecule has 0 aliphatic carbocycles. The van der Waals surface area contributed by atoms with Gasteiger partial charge in [-0.2, -0.15) is 13.2 Å². The van der Waals surface area contributed by atoms with E-state index in [1.807, 2.05) is 0 Å². The number of hydrogen-bond acceptors (Lipinski definition) is 2. The van der Waals surface area contributed by atoms with Crippen molar-refractivity contribution in [2.75, 3.05) is 19.8 Å². The van der Waals surface area contributed by atoms with Crippen LogP contribution >= 0.6 is 0 Å². The van der Waals surface area contributed by atoms with Crippen LogP contribution in [0.5, 0.6) is 0 Å². The molecule has 5 heteroatoms. The Morgan fingerprint density at radius 1 is 1.42 bits per heavy atom. The van der Waals surface area contributed by atoms with Crippen molar-refractivity contribution in [3.8, 4) is 0 Å². The lowest BCUT2D eigenvalue weighted by molar-refractivity contribution is -0.127. The third kappa shape index (κ3) is 3.92. The van der Waals surface area contributed by atoms with E-state index in [0.29, 0.717) is 13.2 Å². The molecular formula is C7H12F3NO. The van der Waals surface area contributed by atoms with Crippen LogP contribution in [0.1, 0.15) is 12.8 Å². The molecule has 1 heterocycles. The maximum atomic E-state index is 11.7. The fourth-order valence-electron chi connectivity index (χ4n) is 1.16. The van der Waals surface area contributed by atoms with Gasteiger partial charge in [-0.1, -0.05) is 0 Å². The van der Waals surface area contributed by atoms with Crippen LogP contribution in [0.15, 0.2) is 0 Å². The molecule has 0 aromatic carbocycles. The summed E-state index contributed by atoms with van der Waals surface area (Å²) in [5.41, 5.74) is 0. The Kier molecular flexibility index (Phi) is 3.34. The number of alkyl halides is 3. The van der Waals surface area contributed by atoms with Gasteiger partial charge in [-0.25, -0.2) is 0 Å². The number of halogens is 3. The van der Waals surface area contributed by atoms with E-state index in [9.17, 15) is 13.2 Å². The van der Waals surface area contributed by atoms with Gasteiger partial charge in [0.05, 0.1) is 13.2 Å². The first kappa shape index (κ1) is 9.80. The van der Waals surface area contributed by atoms with E-state index in [1.54, 1.807) is 0 Å². The van der Waals surface area contributed by atoms with Crippen LogP contribution in [0.25, 0.3) is 0 Å². The Labute approximate surface area is 69.1 Å². The van der Waals surface area contributed by atoms with Gasteiger partial charge >= 0.3 is 6.18 Å². The summed E-state index contributed by atoms with van der Waals surface area (Å²) in [7, 11) is 0. The number of nitrogens with one attached hydrogen (secondary N) is 1. The molecule has 0 unspecified atom stereocenters. The fourth-order valence-corrected chi connectivity index (χ4v) is 1.16. The van der Waals surface area contributed by atoms with E-state index in [-0.39, 0.29) is 6.04 Å². The molecule has 1 atom stereocenters. The molecule has 2 nitrogen and oxygen atoms in total. The lowest BCUT2D eigenvalue weighted by Crippen LogP contribution is -2.41. The van der Waals surface area contributed by atoms with Crippen LogP contribution in [0.4, 0.5) is 13.2 Å². The average Bonchev–Trinajstić information content (AvgIpc) is 2.02. The molecule has 0 bridgehead atoms. The van der Waals surface area contributed by atoms with Gasteiger partial charge in [0.25, 0.3) is 0 Å². The summed E-state index contributed by atoms with van der Waals surface area (Å²) < 4.78 is 40.1. The van der Waals surface area contributed by atoms with Gasteiger partial charge in [0.2, 0.25) is 0 Å². The second-order valence-electron chi connectivity index (χ2n) is 2.91. The molecule has 0 aromatic rings. The lowest BCUT2D eigenvalue weighted by Gasteiger charge is -2.23. The minimum absolute atomic E-state index is 0.125. The maximum absolute atomic E-state index is 11.7. The highest BCUT2D eigenvalue weighted by Gasteiger charge is 2.28. The summed E-state index contributed by atoms with van der Waals surface area (Å²) in [4.78, 5) is 0. The van der Waals surface area contributed by atoms with Crippen molar-refractivity contribution in [1.29, 1.82) is 0 Å². The van der Waals surface area contributed by atoms with Crippen LogP contribution in [0.3, 0.4) is 0 Å². The number of ether oxygens (including phenoxy) is 1. The zero-order chi connectivity index (χ0) is 9.03. The fraction of sp³-hybridized carbons (Fsp3) is 1.00. The highest BCUT2D eigenvalue weighted by molar-refractivity contribution is 4.71. The summed E-state index contributed by atoms with van der Waals surface area (Å²) >= 11 is 0. The molecule has 12 heavy (non-hydrogen) atoms. The van der Waals surface area contributed by atoms with E-state index in [1.165, 1.54) is 0 Å². The third-order valence-electron chi connectivity index (χ3n) is 1.75. The lowest BCUT2D eigenvalue weighted by atomic mass is 10.1. The molecule has 1 aliphatic heterocycles. The Balaban J connectivity index is 2.13. The topological polar surface area (TPSA) is 21.3 Å². The molecule has 0 saturated carbocycles. The van der Waals surface area contributed by atoms with E-state index < -0.39 is 12.7 Å². The van der Waals surface area contributed by atoms with Gasteiger partial charge in [0, 0.05) is 12.6 Å². The Bertz CT molecular complexity index is 131. The first-order chi connectivity index (χ1) is 5.58. The summed E-state index contributed by atoms with van der Waals surface area (Å²) in [5, 5.41) is 2.41. The second kappa shape index (κ2) is 4.09. The second-order valence-corrected chi connectivity index (χ2v) is 2.91. The van der Waals surface area contributed by atoms with Gasteiger partial charge in [0.15, 0.2) is 0 Å². The van der Waals surface area contributed by atoms with Gasteiger partial charge < -0.3 is 10.1 Å². The van der Waals surface area contributed by atoms with E-state index in [2.05, 4.69) is 5.32 Å². The average molecular weight is 183 g/mol. The molecule has 0 radical (unpaired) electrons. The van der Waals surface area contributed by atoms with Gasteiger partial charge in [-0.3, -0.25) is 0 Å². The molecule has 1 aliphatic rings. The van der Waals surface area contributed by atoms with Crippen molar-refractivity contribution in [3.63, 3.8) is 0 Å². The van der Waals surface area contributed by atoms with Gasteiger partial charge in [-0.05, 0) is 12.8 Å². The normalized spacial score (nSPS) is 25.8. The predicted octanol–water partition coefficient (Wildman–Crippen LogP) is 1.32. The summed E-state index contributed by atoms with van der Waals surface area (Å²) in [5.74, 6) is 0. The molecule has 72 valence electrons. The van der Waals surface area contributed by atoms with Crippen molar-refractivity contribution in [2.45, 2.75) is 25.1 Å². The zero-order valence-corrected chi connectivity index (χ0v) is 6.66. The Hall–Kier alpha value is -0.290. The van der Waals surface area contributed by atoms with Crippen molar-refractivity contribution in [1.82, 2.24) is 5.32 Å². The quantitative estimate of drug-likeness (QED) is 0.697. The molecule has 0 aromatic heterocycles. The largest absolute Gasteiger partial charge is 0.401 e. The monoisotopic (exact) mass is 183 g/mol. The van der Waals surface area contributed by atoms with Crippen LogP contribution in [0.2, 0.25) is 0 Å². The van der Waals surface area contributed by atoms with E-state index in [4.69, 9.17) is 4.74 Å². The molecular weight excluding hydrogens is 171 g/mol. The van der Waals surface area contributed by atoms with Crippen LogP contribution in [0, 0.1) is 0 Å². The van der Waals surface area contributed by atoms with Crippen LogP contribution in [-0.2, 0) is 4.74 Å². The molecule has 1 N–H and O–H groups in total. The summed E-state index contributed by atoms with van der Waals surface area (Å²) in [6.45, 7) is 0.154. The molecule has 1 rings (SSSR count). The van der Waals surface area contributed by atoms with Gasteiger partial charge in [0.1, 0.15) is 0 Å². The predicted molar refractivity (Wildman–Crippen MR) is 37.9 cm³/mol. The highest BCUT2D eigenvalue weighted by Crippen LogP contribution is 2.14. The van der Waals surface area contributed by atoms with Crippen LogP contribution < -0.4 is 5.32 Å². The highest BCUT2D eigenvalue weighted by atomic mass is 19.4. The number of hydrogen-bond donors (Lipinski definition) is 1. The SMILES string of the molecule is FC(F)(F)CN[C@H]1CCCOC1. The minimum Gasteiger partial charge on any atom is -0.380 e. The number of rotatable bonds is 2. The van der Waals surface area contributed by atoms with Crippen molar-refractivity contribution < 1.29 is 17.9 Å². The van der Waals surface area contributed by atoms with Crippen LogP contribution in [-0.4, -0.2) is 32.0 Å². The van der Waals surface area contributed by atoms with E-state index in [0.717, 1.165) is 12.8 Å². The van der Waals surface area contributed by atoms with Crippen molar-refractivity contribution in [2.24, 2.45) is 0 Å². The molecule has 0 spiro atoms. The molecule has 1 fully saturated rings. The molecule has 1 saturated heterocycles. The minimum atomic E-state index is -4.11. The Morgan fingerprint density at radius 3 is 2.67 bits per heavy atom. The zero-order valence-electron chi connectivity index (χ0n) is 6.66. The Morgan fingerprint density at radius 2 is 2.17 bits per heavy atom. The standard InChI is InChI=1S/C7H12F3NO/c8-7(9,10)5-11-6-2-1-3-12-4-6/h6,11H,1-5H2/t6-/m0/s1. The first-order valence-electron chi connectivity index (χ1n) is 3.96. The summed E-state index contributed by atoms with van der Waals surface area (Å²) in [6, 6.07) is -0.125. The first-order valence-corrected chi connectivity index (χ1v) is 3.96. The summed E-state index contributed by atoms with van der Waals surface area (Å²) in [6.07, 6.45) is -2.50. The maximum Gasteiger partial charge on any atom is 0.401 e. The third-order valence-corrected chi connectivity index (χ3v) is 1.75. The van der Waals surface area contributed by atoms with Gasteiger partial charge in [-0.15, -0.1) is 0 Å². The molecule has 0 amide bonds. The van der Waals surface area contributed by atoms with Crippen molar-refractivity contribution >= 4 is 0 Å². The van der Waals surface area contributed by atoms with E-state index >= 15 is 0 Å². The smallest absolute Gasteiger partial charge is 0.380 e.